The van der Waals surface area contributed by atoms with Gasteiger partial charge in [0.05, 0.1) is 6.61 Å². The van der Waals surface area contributed by atoms with Crippen LogP contribution in [0, 0.1) is 0 Å². The van der Waals surface area contributed by atoms with Crippen LogP contribution in [0.2, 0.25) is 0 Å². The fraction of sp³-hybridized carbons (Fsp3) is 0.333. The summed E-state index contributed by atoms with van der Waals surface area (Å²) in [4.78, 5) is 17.4. The Kier molecular flexibility index (Phi) is 7.55. The molecule has 0 unspecified atom stereocenters. The van der Waals surface area contributed by atoms with Gasteiger partial charge in [-0.1, -0.05) is 73.5 Å². The first kappa shape index (κ1) is 17.1. The van der Waals surface area contributed by atoms with Crippen molar-refractivity contribution in [3.8, 4) is 0 Å². The fourth-order valence-corrected chi connectivity index (χ4v) is 2.96. The standard InChI is InChI=1S/C18H23O3P/c19-22(20)21-15-9-3-8-14-18(16-10-4-1-5-11-16)17-12-6-2-7-13-17/h1-2,4-7,10-13,18-20H,3,8-9,14-15H2. The molecule has 0 aliphatic heterocycles. The van der Waals surface area contributed by atoms with Gasteiger partial charge in [-0.2, -0.15) is 0 Å². The molecule has 22 heavy (non-hydrogen) atoms. The summed E-state index contributed by atoms with van der Waals surface area (Å²) in [6, 6.07) is 21.2. The maximum Gasteiger partial charge on any atom is 0.327 e. The maximum absolute atomic E-state index is 8.69. The van der Waals surface area contributed by atoms with Gasteiger partial charge in [-0.25, -0.2) is 0 Å². The van der Waals surface area contributed by atoms with Crippen LogP contribution in [0.15, 0.2) is 60.7 Å². The predicted molar refractivity (Wildman–Crippen MR) is 90.5 cm³/mol. The van der Waals surface area contributed by atoms with Crippen molar-refractivity contribution in [2.45, 2.75) is 31.6 Å². The van der Waals surface area contributed by atoms with E-state index in [1.807, 2.05) is 12.1 Å². The van der Waals surface area contributed by atoms with Crippen molar-refractivity contribution in [1.82, 2.24) is 0 Å². The Morgan fingerprint density at radius 3 is 1.82 bits per heavy atom. The lowest BCUT2D eigenvalue weighted by molar-refractivity contribution is 0.248. The Labute approximate surface area is 133 Å². The molecule has 0 fully saturated rings. The predicted octanol–water partition coefficient (Wildman–Crippen LogP) is 4.61. The summed E-state index contributed by atoms with van der Waals surface area (Å²) < 4.78 is 4.79. The van der Waals surface area contributed by atoms with Crippen LogP contribution in [-0.2, 0) is 4.52 Å². The molecule has 0 radical (unpaired) electrons. The van der Waals surface area contributed by atoms with Crippen molar-refractivity contribution >= 4 is 8.60 Å². The van der Waals surface area contributed by atoms with Gasteiger partial charge in [0.1, 0.15) is 0 Å². The van der Waals surface area contributed by atoms with Crippen LogP contribution in [0.25, 0.3) is 0 Å². The lowest BCUT2D eigenvalue weighted by Gasteiger charge is -2.18. The maximum atomic E-state index is 8.69. The van der Waals surface area contributed by atoms with Gasteiger partial charge in [-0.3, -0.25) is 0 Å². The second kappa shape index (κ2) is 9.70. The van der Waals surface area contributed by atoms with Crippen LogP contribution in [0.1, 0.15) is 42.7 Å². The molecule has 0 aromatic heterocycles. The van der Waals surface area contributed by atoms with Gasteiger partial charge in [-0.15, -0.1) is 0 Å². The lowest BCUT2D eigenvalue weighted by Crippen LogP contribution is -2.01. The summed E-state index contributed by atoms with van der Waals surface area (Å²) in [7, 11) is -2.21. The van der Waals surface area contributed by atoms with E-state index in [2.05, 4.69) is 48.5 Å². The molecule has 2 aromatic carbocycles. The third kappa shape index (κ3) is 5.86. The molecule has 0 saturated heterocycles. The van der Waals surface area contributed by atoms with E-state index < -0.39 is 8.60 Å². The van der Waals surface area contributed by atoms with Crippen LogP contribution in [0.4, 0.5) is 0 Å². The van der Waals surface area contributed by atoms with Gasteiger partial charge in [-0.05, 0) is 24.0 Å². The number of hydrogen-bond donors (Lipinski definition) is 2. The number of unbranched alkanes of at least 4 members (excludes halogenated alkanes) is 2. The van der Waals surface area contributed by atoms with E-state index in [9.17, 15) is 0 Å². The molecular formula is C18H23O3P. The Morgan fingerprint density at radius 2 is 1.32 bits per heavy atom. The zero-order chi connectivity index (χ0) is 15.6. The first-order chi connectivity index (χ1) is 10.8. The first-order valence-electron chi connectivity index (χ1n) is 7.68. The third-order valence-electron chi connectivity index (χ3n) is 3.75. The Balaban J connectivity index is 1.89. The summed E-state index contributed by atoms with van der Waals surface area (Å²) in [5, 5.41) is 0. The third-order valence-corrected chi connectivity index (χ3v) is 4.16. The lowest BCUT2D eigenvalue weighted by atomic mass is 9.87. The number of rotatable bonds is 9. The number of hydrogen-bond acceptors (Lipinski definition) is 3. The minimum Gasteiger partial charge on any atom is -0.328 e. The summed E-state index contributed by atoms with van der Waals surface area (Å²) in [6.45, 7) is 0.417. The normalized spacial score (nSPS) is 11.3. The molecule has 0 aliphatic carbocycles. The van der Waals surface area contributed by atoms with E-state index in [1.54, 1.807) is 0 Å². The molecular weight excluding hydrogens is 295 g/mol. The Bertz CT molecular complexity index is 477. The van der Waals surface area contributed by atoms with E-state index in [-0.39, 0.29) is 0 Å². The average Bonchev–Trinajstić information content (AvgIpc) is 2.55. The summed E-state index contributed by atoms with van der Waals surface area (Å²) in [5.41, 5.74) is 2.69. The molecule has 0 heterocycles. The second-order valence-corrected chi connectivity index (χ2v) is 6.07. The van der Waals surface area contributed by atoms with E-state index in [1.165, 1.54) is 11.1 Å². The van der Waals surface area contributed by atoms with Crippen molar-refractivity contribution < 1.29 is 14.3 Å². The molecule has 0 spiro atoms. The van der Waals surface area contributed by atoms with Gasteiger partial charge < -0.3 is 14.3 Å². The Hall–Kier alpha value is -1.25. The summed E-state index contributed by atoms with van der Waals surface area (Å²) in [5.74, 6) is 0.413. The molecule has 0 bridgehead atoms. The largest absolute Gasteiger partial charge is 0.328 e. The highest BCUT2D eigenvalue weighted by Crippen LogP contribution is 2.30. The van der Waals surface area contributed by atoms with Crippen molar-refractivity contribution in [1.29, 1.82) is 0 Å². The molecule has 118 valence electrons. The van der Waals surface area contributed by atoms with Crippen molar-refractivity contribution in [2.24, 2.45) is 0 Å². The molecule has 3 nitrogen and oxygen atoms in total. The zero-order valence-corrected chi connectivity index (χ0v) is 13.5. The SMILES string of the molecule is OP(O)OCCCCCC(c1ccccc1)c1ccccc1. The molecule has 0 saturated carbocycles. The number of benzene rings is 2. The second-order valence-electron chi connectivity index (χ2n) is 5.31. The first-order valence-corrected chi connectivity index (χ1v) is 8.84. The summed E-state index contributed by atoms with van der Waals surface area (Å²) in [6.07, 6.45) is 4.06. The smallest absolute Gasteiger partial charge is 0.327 e. The minimum absolute atomic E-state index is 0.413. The van der Waals surface area contributed by atoms with Crippen LogP contribution >= 0.6 is 8.60 Å². The molecule has 2 aromatic rings. The zero-order valence-electron chi connectivity index (χ0n) is 12.6. The average molecular weight is 318 g/mol. The van der Waals surface area contributed by atoms with Gasteiger partial charge >= 0.3 is 8.60 Å². The molecule has 0 amide bonds. The van der Waals surface area contributed by atoms with Crippen LogP contribution in [0.3, 0.4) is 0 Å². The van der Waals surface area contributed by atoms with E-state index in [4.69, 9.17) is 14.3 Å². The molecule has 0 aliphatic rings. The fourth-order valence-electron chi connectivity index (χ4n) is 2.67. The van der Waals surface area contributed by atoms with E-state index in [0.717, 1.165) is 25.7 Å². The minimum atomic E-state index is -2.21. The van der Waals surface area contributed by atoms with Gasteiger partial charge in [0.15, 0.2) is 0 Å². The molecule has 4 heteroatoms. The van der Waals surface area contributed by atoms with Crippen molar-refractivity contribution in [3.63, 3.8) is 0 Å². The topological polar surface area (TPSA) is 49.7 Å². The summed E-state index contributed by atoms with van der Waals surface area (Å²) >= 11 is 0. The van der Waals surface area contributed by atoms with Crippen molar-refractivity contribution in [2.75, 3.05) is 6.61 Å². The monoisotopic (exact) mass is 318 g/mol. The molecule has 0 atom stereocenters. The highest BCUT2D eigenvalue weighted by molar-refractivity contribution is 7.39. The Morgan fingerprint density at radius 1 is 0.773 bits per heavy atom. The highest BCUT2D eigenvalue weighted by atomic mass is 31.2. The van der Waals surface area contributed by atoms with E-state index in [0.29, 0.717) is 12.5 Å². The highest BCUT2D eigenvalue weighted by Gasteiger charge is 2.13. The quantitative estimate of drug-likeness (QED) is 0.524. The van der Waals surface area contributed by atoms with Crippen molar-refractivity contribution in [3.05, 3.63) is 71.8 Å². The van der Waals surface area contributed by atoms with Gasteiger partial charge in [0.25, 0.3) is 0 Å². The van der Waals surface area contributed by atoms with Crippen LogP contribution in [-0.4, -0.2) is 16.4 Å². The van der Waals surface area contributed by atoms with E-state index >= 15 is 0 Å². The van der Waals surface area contributed by atoms with Crippen LogP contribution < -0.4 is 0 Å². The van der Waals surface area contributed by atoms with Crippen LogP contribution in [0.5, 0.6) is 0 Å². The van der Waals surface area contributed by atoms with Gasteiger partial charge in [0, 0.05) is 5.92 Å². The van der Waals surface area contributed by atoms with Gasteiger partial charge in [0.2, 0.25) is 0 Å². The molecule has 2 rings (SSSR count). The molecule has 2 N–H and O–H groups in total.